The molecule has 0 aliphatic heterocycles. The summed E-state index contributed by atoms with van der Waals surface area (Å²) < 4.78 is 26.6. The molecular formula is C17H20F2IN3. The van der Waals surface area contributed by atoms with Gasteiger partial charge in [-0.2, -0.15) is 0 Å². The molecule has 0 heterocycles. The Labute approximate surface area is 152 Å². The van der Waals surface area contributed by atoms with Gasteiger partial charge in [0.05, 0.1) is 0 Å². The Kier molecular flexibility index (Phi) is 8.53. The van der Waals surface area contributed by atoms with E-state index in [0.717, 1.165) is 11.6 Å². The number of guanidine groups is 1. The van der Waals surface area contributed by atoms with Gasteiger partial charge in [0.25, 0.3) is 0 Å². The van der Waals surface area contributed by atoms with Crippen molar-refractivity contribution in [2.45, 2.75) is 13.0 Å². The third-order valence-electron chi connectivity index (χ3n) is 3.24. The van der Waals surface area contributed by atoms with Crippen molar-refractivity contribution in [3.05, 3.63) is 71.3 Å². The number of nitrogens with one attached hydrogen (secondary N) is 2. The zero-order valence-electron chi connectivity index (χ0n) is 12.9. The second kappa shape index (κ2) is 10.1. The van der Waals surface area contributed by atoms with E-state index in [1.807, 2.05) is 30.3 Å². The van der Waals surface area contributed by atoms with Gasteiger partial charge in [0.1, 0.15) is 0 Å². The molecule has 0 saturated heterocycles. The summed E-state index contributed by atoms with van der Waals surface area (Å²) in [5.74, 6) is -0.971. The topological polar surface area (TPSA) is 36.4 Å². The van der Waals surface area contributed by atoms with Crippen LogP contribution in [0.5, 0.6) is 0 Å². The number of nitrogens with zero attached hydrogens (tertiary/aromatic N) is 1. The summed E-state index contributed by atoms with van der Waals surface area (Å²) in [5.41, 5.74) is 1.49. The van der Waals surface area contributed by atoms with Gasteiger partial charge in [-0.3, -0.25) is 4.99 Å². The lowest BCUT2D eigenvalue weighted by molar-refractivity contribution is 0.498. The van der Waals surface area contributed by atoms with Crippen molar-refractivity contribution in [3.8, 4) is 0 Å². The number of benzene rings is 2. The van der Waals surface area contributed by atoms with Gasteiger partial charge in [0.15, 0.2) is 17.6 Å². The number of hydrogen-bond donors (Lipinski definition) is 2. The summed E-state index contributed by atoms with van der Waals surface area (Å²) in [6.07, 6.45) is 0.385. The molecule has 2 aromatic carbocycles. The average Bonchev–Trinajstić information content (AvgIpc) is 2.55. The summed E-state index contributed by atoms with van der Waals surface area (Å²) in [7, 11) is 1.67. The molecule has 0 bridgehead atoms. The molecule has 0 fully saturated rings. The van der Waals surface area contributed by atoms with E-state index in [0.29, 0.717) is 31.0 Å². The van der Waals surface area contributed by atoms with Gasteiger partial charge >= 0.3 is 0 Å². The van der Waals surface area contributed by atoms with Crippen molar-refractivity contribution >= 4 is 29.9 Å². The number of halogens is 3. The molecule has 2 N–H and O–H groups in total. The monoisotopic (exact) mass is 431 g/mol. The Hall–Kier alpha value is -1.70. The number of aliphatic imine (C=N–C) groups is 1. The summed E-state index contributed by atoms with van der Waals surface area (Å²) in [5, 5.41) is 6.25. The largest absolute Gasteiger partial charge is 0.356 e. The maximum atomic E-state index is 13.5. The molecule has 124 valence electrons. The zero-order valence-corrected chi connectivity index (χ0v) is 15.2. The predicted molar refractivity (Wildman–Crippen MR) is 100 cm³/mol. The Morgan fingerprint density at radius 3 is 2.43 bits per heavy atom. The van der Waals surface area contributed by atoms with Gasteiger partial charge in [-0.1, -0.05) is 42.5 Å². The minimum atomic E-state index is -0.816. The van der Waals surface area contributed by atoms with E-state index < -0.39 is 11.6 Å². The summed E-state index contributed by atoms with van der Waals surface area (Å²) in [6, 6.07) is 14.2. The van der Waals surface area contributed by atoms with Crippen LogP contribution in [0.15, 0.2) is 53.5 Å². The van der Waals surface area contributed by atoms with E-state index in [-0.39, 0.29) is 24.0 Å². The van der Waals surface area contributed by atoms with Gasteiger partial charge in [-0.15, -0.1) is 24.0 Å². The van der Waals surface area contributed by atoms with Crippen LogP contribution < -0.4 is 10.6 Å². The summed E-state index contributed by atoms with van der Waals surface area (Å²) in [4.78, 5) is 4.10. The van der Waals surface area contributed by atoms with Crippen molar-refractivity contribution in [1.82, 2.24) is 10.6 Å². The van der Waals surface area contributed by atoms with E-state index >= 15 is 0 Å². The Morgan fingerprint density at radius 2 is 1.74 bits per heavy atom. The van der Waals surface area contributed by atoms with Gasteiger partial charge in [-0.05, 0) is 23.6 Å². The van der Waals surface area contributed by atoms with E-state index in [2.05, 4.69) is 15.6 Å². The first kappa shape index (κ1) is 19.3. The molecule has 0 atom stereocenters. The molecule has 23 heavy (non-hydrogen) atoms. The highest BCUT2D eigenvalue weighted by atomic mass is 127. The van der Waals surface area contributed by atoms with Crippen LogP contribution in [0.3, 0.4) is 0 Å². The van der Waals surface area contributed by atoms with Crippen LogP contribution >= 0.6 is 24.0 Å². The van der Waals surface area contributed by atoms with E-state index in [4.69, 9.17) is 0 Å². The first-order valence-corrected chi connectivity index (χ1v) is 7.12. The molecule has 2 aromatic rings. The standard InChI is InChI=1S/C17H19F2N3.HI/c1-20-17(22-12-13-6-3-2-4-7-13)21-11-10-14-8-5-9-15(18)16(14)19;/h2-9H,10-12H2,1H3,(H2,20,21,22);1H. The number of hydrogen-bond acceptors (Lipinski definition) is 1. The van der Waals surface area contributed by atoms with Gasteiger partial charge in [0.2, 0.25) is 0 Å². The third kappa shape index (κ3) is 6.13. The second-order valence-electron chi connectivity index (χ2n) is 4.80. The van der Waals surface area contributed by atoms with Gasteiger partial charge < -0.3 is 10.6 Å². The first-order chi connectivity index (χ1) is 10.7. The van der Waals surface area contributed by atoms with E-state index in [1.54, 1.807) is 13.1 Å². The Morgan fingerprint density at radius 1 is 1.00 bits per heavy atom. The van der Waals surface area contributed by atoms with E-state index in [1.165, 1.54) is 6.07 Å². The van der Waals surface area contributed by atoms with Gasteiger partial charge in [0, 0.05) is 20.1 Å². The lowest BCUT2D eigenvalue weighted by Gasteiger charge is -2.12. The molecule has 0 aliphatic rings. The van der Waals surface area contributed by atoms with Crippen LogP contribution in [0.4, 0.5) is 8.78 Å². The summed E-state index contributed by atoms with van der Waals surface area (Å²) in [6.45, 7) is 1.11. The maximum Gasteiger partial charge on any atom is 0.191 e. The summed E-state index contributed by atoms with van der Waals surface area (Å²) >= 11 is 0. The first-order valence-electron chi connectivity index (χ1n) is 7.12. The molecule has 3 nitrogen and oxygen atoms in total. The highest BCUT2D eigenvalue weighted by Crippen LogP contribution is 2.11. The molecule has 2 rings (SSSR count). The van der Waals surface area contributed by atoms with Crippen LogP contribution in [0.1, 0.15) is 11.1 Å². The van der Waals surface area contributed by atoms with Crippen molar-refractivity contribution in [1.29, 1.82) is 0 Å². The normalized spacial score (nSPS) is 10.8. The lowest BCUT2D eigenvalue weighted by atomic mass is 10.1. The van der Waals surface area contributed by atoms with Crippen LogP contribution in [-0.2, 0) is 13.0 Å². The average molecular weight is 431 g/mol. The fraction of sp³-hybridized carbons (Fsp3) is 0.235. The molecule has 0 amide bonds. The zero-order chi connectivity index (χ0) is 15.8. The Balaban J connectivity index is 0.00000264. The molecule has 6 heteroatoms. The van der Waals surface area contributed by atoms with Crippen molar-refractivity contribution < 1.29 is 8.78 Å². The van der Waals surface area contributed by atoms with Crippen molar-refractivity contribution in [2.75, 3.05) is 13.6 Å². The minimum Gasteiger partial charge on any atom is -0.356 e. The highest BCUT2D eigenvalue weighted by molar-refractivity contribution is 14.0. The SMILES string of the molecule is CN=C(NCCc1cccc(F)c1F)NCc1ccccc1.I. The molecule has 0 aliphatic carbocycles. The van der Waals surface area contributed by atoms with Crippen LogP contribution in [0, 0.1) is 11.6 Å². The molecule has 0 spiro atoms. The fourth-order valence-corrected chi connectivity index (χ4v) is 2.06. The highest BCUT2D eigenvalue weighted by Gasteiger charge is 2.07. The van der Waals surface area contributed by atoms with Crippen molar-refractivity contribution in [2.24, 2.45) is 4.99 Å². The molecular weight excluding hydrogens is 411 g/mol. The maximum absolute atomic E-state index is 13.5. The fourth-order valence-electron chi connectivity index (χ4n) is 2.06. The smallest absolute Gasteiger partial charge is 0.191 e. The molecule has 0 saturated carbocycles. The van der Waals surface area contributed by atoms with Crippen molar-refractivity contribution in [3.63, 3.8) is 0 Å². The minimum absolute atomic E-state index is 0. The van der Waals surface area contributed by atoms with Crippen LogP contribution in [0.25, 0.3) is 0 Å². The lowest BCUT2D eigenvalue weighted by Crippen LogP contribution is -2.37. The van der Waals surface area contributed by atoms with Gasteiger partial charge in [-0.25, -0.2) is 8.78 Å². The second-order valence-corrected chi connectivity index (χ2v) is 4.80. The molecule has 0 unspecified atom stereocenters. The third-order valence-corrected chi connectivity index (χ3v) is 3.24. The molecule has 0 aromatic heterocycles. The molecule has 0 radical (unpaired) electrons. The van der Waals surface area contributed by atoms with Crippen LogP contribution in [0.2, 0.25) is 0 Å². The van der Waals surface area contributed by atoms with E-state index in [9.17, 15) is 8.78 Å². The predicted octanol–water partition coefficient (Wildman–Crippen LogP) is 3.49. The van der Waals surface area contributed by atoms with Crippen LogP contribution in [-0.4, -0.2) is 19.6 Å². The quantitative estimate of drug-likeness (QED) is 0.432. The Bertz CT molecular complexity index is 633. The number of rotatable bonds is 5.